The summed E-state index contributed by atoms with van der Waals surface area (Å²) in [4.78, 5) is 12.9. The molecule has 0 radical (unpaired) electrons. The van der Waals surface area contributed by atoms with Gasteiger partial charge in [0.1, 0.15) is 5.58 Å². The Balaban J connectivity index is 1.61. The van der Waals surface area contributed by atoms with Gasteiger partial charge in [-0.1, -0.05) is 37.5 Å². The average Bonchev–Trinajstić information content (AvgIpc) is 3.22. The van der Waals surface area contributed by atoms with E-state index in [1.165, 1.54) is 14.2 Å². The molecule has 0 saturated heterocycles. The molecule has 0 spiro atoms. The van der Waals surface area contributed by atoms with E-state index in [1.807, 2.05) is 30.3 Å². The first-order chi connectivity index (χ1) is 14.6. The van der Waals surface area contributed by atoms with Crippen LogP contribution < -0.4 is 9.47 Å². The van der Waals surface area contributed by atoms with E-state index in [4.69, 9.17) is 13.9 Å². The third kappa shape index (κ3) is 3.81. The van der Waals surface area contributed by atoms with E-state index < -0.39 is 5.82 Å². The molecule has 1 saturated carbocycles. The van der Waals surface area contributed by atoms with Gasteiger partial charge >= 0.3 is 0 Å². The summed E-state index contributed by atoms with van der Waals surface area (Å²) in [5.74, 6) is 0.449. The quantitative estimate of drug-likeness (QED) is 0.420. The highest BCUT2D eigenvalue weighted by atomic mass is 19.1. The van der Waals surface area contributed by atoms with Crippen LogP contribution in [0.4, 0.5) is 4.39 Å². The van der Waals surface area contributed by atoms with Gasteiger partial charge in [-0.2, -0.15) is 0 Å². The fourth-order valence-corrected chi connectivity index (χ4v) is 4.73. The molecule has 0 N–H and O–H groups in total. The van der Waals surface area contributed by atoms with E-state index in [0.29, 0.717) is 24.4 Å². The van der Waals surface area contributed by atoms with Gasteiger partial charge in [0.2, 0.25) is 0 Å². The SMILES string of the molecule is COc1cc(C2(CCC(=O)c3cc4ccccc4o3)CCCCC2)cc(F)c1OC. The lowest BCUT2D eigenvalue weighted by atomic mass is 9.66. The van der Waals surface area contributed by atoms with Crippen molar-refractivity contribution in [1.82, 2.24) is 0 Å². The number of furan rings is 1. The van der Waals surface area contributed by atoms with Gasteiger partial charge in [-0.25, -0.2) is 4.39 Å². The first kappa shape index (κ1) is 20.5. The molecule has 2 aromatic carbocycles. The normalized spacial score (nSPS) is 15.8. The Kier molecular flexibility index (Phi) is 5.80. The maximum absolute atomic E-state index is 14.7. The molecule has 158 valence electrons. The molecule has 0 aliphatic heterocycles. The smallest absolute Gasteiger partial charge is 0.198 e. The Morgan fingerprint density at radius 2 is 1.83 bits per heavy atom. The third-order valence-electron chi connectivity index (χ3n) is 6.39. The summed E-state index contributed by atoms with van der Waals surface area (Å²) in [6, 6.07) is 12.8. The number of ketones is 1. The van der Waals surface area contributed by atoms with Crippen LogP contribution in [0.2, 0.25) is 0 Å². The Morgan fingerprint density at radius 1 is 1.07 bits per heavy atom. The van der Waals surface area contributed by atoms with Gasteiger partial charge in [-0.3, -0.25) is 4.79 Å². The lowest BCUT2D eigenvalue weighted by Crippen LogP contribution is -2.30. The zero-order chi connectivity index (χ0) is 21.1. The number of rotatable bonds is 7. The van der Waals surface area contributed by atoms with Gasteiger partial charge in [-0.15, -0.1) is 0 Å². The predicted molar refractivity (Wildman–Crippen MR) is 114 cm³/mol. The Morgan fingerprint density at radius 3 is 2.53 bits per heavy atom. The topological polar surface area (TPSA) is 48.7 Å². The molecule has 1 heterocycles. The van der Waals surface area contributed by atoms with Crippen molar-refractivity contribution in [1.29, 1.82) is 0 Å². The lowest BCUT2D eigenvalue weighted by molar-refractivity contribution is 0.0938. The highest BCUT2D eigenvalue weighted by Gasteiger charge is 2.36. The van der Waals surface area contributed by atoms with E-state index in [1.54, 1.807) is 12.1 Å². The highest BCUT2D eigenvalue weighted by molar-refractivity contribution is 5.97. The van der Waals surface area contributed by atoms with Gasteiger partial charge in [0.25, 0.3) is 0 Å². The number of Topliss-reactive ketones (excluding diaryl/α,β-unsaturated/α-hetero) is 1. The molecular formula is C25H27FO4. The van der Waals surface area contributed by atoms with Crippen LogP contribution in [0.1, 0.15) is 61.1 Å². The second-order valence-electron chi connectivity index (χ2n) is 8.11. The number of hydrogen-bond donors (Lipinski definition) is 0. The lowest BCUT2D eigenvalue weighted by Gasteiger charge is -2.38. The summed E-state index contributed by atoms with van der Waals surface area (Å²) in [6.07, 6.45) is 6.15. The number of methoxy groups -OCH3 is 2. The summed E-state index contributed by atoms with van der Waals surface area (Å²) in [7, 11) is 2.95. The van der Waals surface area contributed by atoms with E-state index in [2.05, 4.69) is 0 Å². The Labute approximate surface area is 176 Å². The number of fused-ring (bicyclic) bond motifs is 1. The molecular weight excluding hydrogens is 383 g/mol. The van der Waals surface area contributed by atoms with E-state index in [9.17, 15) is 9.18 Å². The van der Waals surface area contributed by atoms with Gasteiger partial charge in [0.15, 0.2) is 28.9 Å². The second-order valence-corrected chi connectivity index (χ2v) is 8.11. The predicted octanol–water partition coefficient (Wildman–Crippen LogP) is 6.45. The largest absolute Gasteiger partial charge is 0.493 e. The summed E-state index contributed by atoms with van der Waals surface area (Å²) >= 11 is 0. The van der Waals surface area contributed by atoms with E-state index in [-0.39, 0.29) is 16.9 Å². The van der Waals surface area contributed by atoms with Crippen LogP contribution >= 0.6 is 0 Å². The first-order valence-electron chi connectivity index (χ1n) is 10.5. The standard InChI is InChI=1S/C25H27FO4/c1-28-23-16-18(15-19(26)24(23)29-2)25(11-6-3-7-12-25)13-10-20(27)22-14-17-8-4-5-9-21(17)30-22/h4-5,8-9,14-16H,3,6-7,10-13H2,1-2H3. The second kappa shape index (κ2) is 8.50. The van der Waals surface area contributed by atoms with Crippen molar-refractivity contribution in [3.63, 3.8) is 0 Å². The minimum atomic E-state index is -0.430. The molecule has 5 heteroatoms. The minimum Gasteiger partial charge on any atom is -0.493 e. The summed E-state index contributed by atoms with van der Waals surface area (Å²) in [5.41, 5.74) is 1.35. The van der Waals surface area contributed by atoms with Crippen molar-refractivity contribution < 1.29 is 23.1 Å². The van der Waals surface area contributed by atoms with Crippen molar-refractivity contribution >= 4 is 16.8 Å². The minimum absolute atomic E-state index is 0.0166. The van der Waals surface area contributed by atoms with Gasteiger partial charge in [0, 0.05) is 11.8 Å². The molecule has 1 aliphatic rings. The van der Waals surface area contributed by atoms with Crippen molar-refractivity contribution in [3.8, 4) is 11.5 Å². The maximum atomic E-state index is 14.7. The molecule has 0 amide bonds. The number of halogens is 1. The average molecular weight is 410 g/mol. The highest BCUT2D eigenvalue weighted by Crippen LogP contribution is 2.46. The van der Waals surface area contributed by atoms with Gasteiger partial charge < -0.3 is 13.9 Å². The number of hydrogen-bond acceptors (Lipinski definition) is 4. The molecule has 0 unspecified atom stereocenters. The Hall–Kier alpha value is -2.82. The maximum Gasteiger partial charge on any atom is 0.198 e. The molecule has 4 rings (SSSR count). The number of benzene rings is 2. The third-order valence-corrected chi connectivity index (χ3v) is 6.39. The van der Waals surface area contributed by atoms with E-state index in [0.717, 1.165) is 48.6 Å². The van der Waals surface area contributed by atoms with Crippen LogP contribution in [0.25, 0.3) is 11.0 Å². The number of carbonyl (C=O) groups is 1. The van der Waals surface area contributed by atoms with Crippen LogP contribution in [0, 0.1) is 5.82 Å². The number of carbonyl (C=O) groups excluding carboxylic acids is 1. The summed E-state index contributed by atoms with van der Waals surface area (Å²) < 4.78 is 31.0. The van der Waals surface area contributed by atoms with Crippen LogP contribution in [0.3, 0.4) is 0 Å². The number of ether oxygens (including phenoxy) is 2. The molecule has 1 aliphatic carbocycles. The Bertz CT molecular complexity index is 1010. The van der Waals surface area contributed by atoms with Gasteiger partial charge in [-0.05, 0) is 54.5 Å². The zero-order valence-electron chi connectivity index (χ0n) is 17.5. The van der Waals surface area contributed by atoms with Crippen LogP contribution in [0.15, 0.2) is 46.9 Å². The molecule has 1 fully saturated rings. The number of para-hydroxylation sites is 1. The molecule has 3 aromatic rings. The molecule has 1 aromatic heterocycles. The van der Waals surface area contributed by atoms with Crippen molar-refractivity contribution in [2.24, 2.45) is 0 Å². The first-order valence-corrected chi connectivity index (χ1v) is 10.5. The fraction of sp³-hybridized carbons (Fsp3) is 0.400. The molecule has 0 atom stereocenters. The molecule has 4 nitrogen and oxygen atoms in total. The van der Waals surface area contributed by atoms with Crippen LogP contribution in [-0.4, -0.2) is 20.0 Å². The van der Waals surface area contributed by atoms with Crippen LogP contribution in [0.5, 0.6) is 11.5 Å². The van der Waals surface area contributed by atoms with Gasteiger partial charge in [0.05, 0.1) is 14.2 Å². The monoisotopic (exact) mass is 410 g/mol. The molecule has 30 heavy (non-hydrogen) atoms. The van der Waals surface area contributed by atoms with Crippen LogP contribution in [-0.2, 0) is 5.41 Å². The summed E-state index contributed by atoms with van der Waals surface area (Å²) in [6.45, 7) is 0. The molecule has 0 bridgehead atoms. The van der Waals surface area contributed by atoms with Crippen molar-refractivity contribution in [2.45, 2.75) is 50.4 Å². The fourth-order valence-electron chi connectivity index (χ4n) is 4.73. The zero-order valence-corrected chi connectivity index (χ0v) is 17.5. The van der Waals surface area contributed by atoms with E-state index >= 15 is 0 Å². The van der Waals surface area contributed by atoms with Crippen molar-refractivity contribution in [2.75, 3.05) is 14.2 Å². The van der Waals surface area contributed by atoms with Crippen molar-refractivity contribution in [3.05, 3.63) is 59.6 Å². The summed E-state index contributed by atoms with van der Waals surface area (Å²) in [5, 5.41) is 0.926.